The lowest BCUT2D eigenvalue weighted by atomic mass is 9.91. The number of nitrogens with zero attached hydrogens (tertiary/aromatic N) is 4. The number of fused-ring (bicyclic) bond motifs is 3. The second-order valence-electron chi connectivity index (χ2n) is 13.6. The molecule has 6 nitrogen and oxygen atoms in total. The summed E-state index contributed by atoms with van der Waals surface area (Å²) in [6.07, 6.45) is 14.8. The highest BCUT2D eigenvalue weighted by Crippen LogP contribution is 2.46. The van der Waals surface area contributed by atoms with Crippen molar-refractivity contribution < 1.29 is 9.47 Å². The van der Waals surface area contributed by atoms with Crippen LogP contribution in [-0.4, -0.2) is 25.7 Å². The molecule has 0 radical (unpaired) electrons. The predicted molar refractivity (Wildman–Crippen MR) is 211 cm³/mol. The van der Waals surface area contributed by atoms with E-state index in [4.69, 9.17) is 9.47 Å². The van der Waals surface area contributed by atoms with Crippen molar-refractivity contribution in [1.82, 2.24) is 19.9 Å². The largest absolute Gasteiger partial charge is 0.452 e. The van der Waals surface area contributed by atoms with E-state index in [1.807, 2.05) is 62.9 Å². The molecule has 0 N–H and O–H groups in total. The minimum atomic E-state index is -0.910. The number of aromatic nitrogens is 4. The van der Waals surface area contributed by atoms with Crippen LogP contribution < -0.4 is 9.47 Å². The maximum Gasteiger partial charge on any atom is 0.245 e. The summed E-state index contributed by atoms with van der Waals surface area (Å²) in [4.78, 5) is 17.6. The summed E-state index contributed by atoms with van der Waals surface area (Å²) >= 11 is 0. The van der Waals surface area contributed by atoms with Crippen molar-refractivity contribution in [3.63, 3.8) is 0 Å². The molecule has 5 heterocycles. The maximum absolute atomic E-state index is 6.66. The monoisotopic (exact) mass is 686 g/mol. The zero-order valence-electron chi connectivity index (χ0n) is 29.3. The van der Waals surface area contributed by atoms with Gasteiger partial charge in [0.1, 0.15) is 11.5 Å². The highest BCUT2D eigenvalue weighted by atomic mass is 16.7. The van der Waals surface area contributed by atoms with Crippen LogP contribution in [0.4, 0.5) is 0 Å². The van der Waals surface area contributed by atoms with Crippen molar-refractivity contribution in [3.8, 4) is 89.4 Å². The van der Waals surface area contributed by atoms with E-state index in [9.17, 15) is 0 Å². The van der Waals surface area contributed by atoms with Gasteiger partial charge in [0.05, 0.1) is 0 Å². The third kappa shape index (κ3) is 6.54. The molecule has 0 aliphatic carbocycles. The molecule has 254 valence electrons. The number of ether oxygens (including phenoxy) is 2. The van der Waals surface area contributed by atoms with Crippen LogP contribution in [-0.2, 0) is 0 Å². The second kappa shape index (κ2) is 13.3. The summed E-state index contributed by atoms with van der Waals surface area (Å²) < 4.78 is 13.2. The van der Waals surface area contributed by atoms with Crippen LogP contribution in [0.15, 0.2) is 171 Å². The Labute approximate surface area is 308 Å². The van der Waals surface area contributed by atoms with Gasteiger partial charge in [0.2, 0.25) is 5.79 Å². The molecule has 8 aromatic rings. The summed E-state index contributed by atoms with van der Waals surface area (Å²) in [5.74, 6) is 0.601. The van der Waals surface area contributed by atoms with Gasteiger partial charge in [-0.1, -0.05) is 36.4 Å². The molecule has 0 amide bonds. The van der Waals surface area contributed by atoms with Gasteiger partial charge >= 0.3 is 0 Å². The van der Waals surface area contributed by atoms with Gasteiger partial charge in [-0.25, -0.2) is 0 Å². The third-order valence-corrected chi connectivity index (χ3v) is 9.48. The van der Waals surface area contributed by atoms with Crippen molar-refractivity contribution in [1.29, 1.82) is 0 Å². The van der Waals surface area contributed by atoms with Gasteiger partial charge in [-0.05, 0) is 129 Å². The summed E-state index contributed by atoms with van der Waals surface area (Å²) in [7, 11) is 0. The minimum Gasteiger partial charge on any atom is -0.452 e. The van der Waals surface area contributed by atoms with E-state index < -0.39 is 5.79 Å². The molecule has 0 unspecified atom stereocenters. The number of pyridine rings is 4. The average molecular weight is 687 g/mol. The molecule has 6 heteroatoms. The van der Waals surface area contributed by atoms with Gasteiger partial charge in [0, 0.05) is 96.8 Å². The Balaban J connectivity index is 1.17. The first-order chi connectivity index (χ1) is 26.0. The summed E-state index contributed by atoms with van der Waals surface area (Å²) in [5, 5.41) is 0. The van der Waals surface area contributed by atoms with E-state index >= 15 is 0 Å². The smallest absolute Gasteiger partial charge is 0.245 e. The van der Waals surface area contributed by atoms with E-state index in [2.05, 4.69) is 117 Å². The van der Waals surface area contributed by atoms with Crippen LogP contribution in [0.25, 0.3) is 77.9 Å². The molecule has 0 bridgehead atoms. The molecular formula is C47H34N4O2. The molecule has 4 aromatic heterocycles. The SMILES string of the molecule is CC1(C)Oc2cc(-c3cc(-c4cccnc4)cc(-c4cccnc4)c3)ccc2-c2cc(-c3cc(-c4cccnc4)cc(-c4cccnc4)c3)ccc2O1. The summed E-state index contributed by atoms with van der Waals surface area (Å²) in [5.41, 5.74) is 14.6. The third-order valence-electron chi connectivity index (χ3n) is 9.48. The Hall–Kier alpha value is -6.92. The van der Waals surface area contributed by atoms with Crippen LogP contribution in [0.2, 0.25) is 0 Å². The number of benzene rings is 4. The quantitative estimate of drug-likeness (QED) is 0.173. The molecule has 9 rings (SSSR count). The van der Waals surface area contributed by atoms with Crippen molar-refractivity contribution >= 4 is 0 Å². The van der Waals surface area contributed by atoms with E-state index in [1.165, 1.54) is 0 Å². The fraction of sp³-hybridized carbons (Fsp3) is 0.0638. The Morgan fingerprint density at radius 2 is 0.717 bits per heavy atom. The van der Waals surface area contributed by atoms with Gasteiger partial charge in [-0.2, -0.15) is 0 Å². The lowest BCUT2D eigenvalue weighted by Crippen LogP contribution is -2.34. The lowest BCUT2D eigenvalue weighted by Gasteiger charge is -2.26. The van der Waals surface area contributed by atoms with Gasteiger partial charge in [0.25, 0.3) is 0 Å². The Morgan fingerprint density at radius 3 is 1.13 bits per heavy atom. The average Bonchev–Trinajstić information content (AvgIpc) is 3.33. The van der Waals surface area contributed by atoms with Crippen LogP contribution in [0.3, 0.4) is 0 Å². The second-order valence-corrected chi connectivity index (χ2v) is 13.6. The Bertz CT molecular complexity index is 2460. The molecule has 0 saturated carbocycles. The number of hydrogen-bond acceptors (Lipinski definition) is 6. The molecule has 0 atom stereocenters. The van der Waals surface area contributed by atoms with Gasteiger partial charge in [-0.15, -0.1) is 0 Å². The zero-order valence-corrected chi connectivity index (χ0v) is 29.3. The molecule has 1 aliphatic rings. The summed E-state index contributed by atoms with van der Waals surface area (Å²) in [6.45, 7) is 3.90. The molecular weight excluding hydrogens is 653 g/mol. The van der Waals surface area contributed by atoms with E-state index in [0.717, 1.165) is 89.4 Å². The minimum absolute atomic E-state index is 0.748. The Morgan fingerprint density at radius 1 is 0.340 bits per heavy atom. The first-order valence-corrected chi connectivity index (χ1v) is 17.5. The highest BCUT2D eigenvalue weighted by Gasteiger charge is 2.30. The lowest BCUT2D eigenvalue weighted by molar-refractivity contribution is -0.0778. The van der Waals surface area contributed by atoms with E-state index in [-0.39, 0.29) is 0 Å². The maximum atomic E-state index is 6.66. The van der Waals surface area contributed by atoms with Gasteiger partial charge in [0.15, 0.2) is 0 Å². The summed E-state index contributed by atoms with van der Waals surface area (Å²) in [6, 6.07) is 42.2. The first kappa shape index (κ1) is 32.0. The van der Waals surface area contributed by atoms with E-state index in [1.54, 1.807) is 24.8 Å². The topological polar surface area (TPSA) is 70.0 Å². The van der Waals surface area contributed by atoms with Gasteiger partial charge < -0.3 is 9.47 Å². The highest BCUT2D eigenvalue weighted by molar-refractivity contribution is 5.88. The first-order valence-electron chi connectivity index (χ1n) is 17.5. The van der Waals surface area contributed by atoms with Crippen LogP contribution in [0.5, 0.6) is 11.5 Å². The predicted octanol–water partition coefficient (Wildman–Crippen LogP) is 11.4. The van der Waals surface area contributed by atoms with E-state index in [0.29, 0.717) is 0 Å². The fourth-order valence-corrected chi connectivity index (χ4v) is 6.96. The fourth-order valence-electron chi connectivity index (χ4n) is 6.96. The standard InChI is InChI=1S/C47H34N4O2/c1-47(2)52-45-14-12-31(37-19-39(33-7-3-15-48-27-33)23-40(20-37)34-8-4-16-49-28-34)25-44(45)43-13-11-32(26-46(43)53-47)38-21-41(35-9-5-17-50-29-35)24-42(22-38)36-10-6-18-51-30-36/h3-30H,1-2H3. The molecule has 0 spiro atoms. The van der Waals surface area contributed by atoms with Crippen molar-refractivity contribution in [2.24, 2.45) is 0 Å². The van der Waals surface area contributed by atoms with Crippen LogP contribution >= 0.6 is 0 Å². The molecule has 0 fully saturated rings. The number of hydrogen-bond donors (Lipinski definition) is 0. The molecule has 53 heavy (non-hydrogen) atoms. The van der Waals surface area contributed by atoms with Crippen LogP contribution in [0.1, 0.15) is 13.8 Å². The molecule has 0 saturated heterocycles. The normalized spacial score (nSPS) is 12.8. The zero-order chi connectivity index (χ0) is 35.8. The van der Waals surface area contributed by atoms with Crippen LogP contribution in [0, 0.1) is 0 Å². The molecule has 4 aromatic carbocycles. The van der Waals surface area contributed by atoms with Crippen molar-refractivity contribution in [2.75, 3.05) is 0 Å². The number of rotatable bonds is 6. The van der Waals surface area contributed by atoms with Crippen molar-refractivity contribution in [3.05, 3.63) is 171 Å². The Kier molecular flexibility index (Phi) is 8.05. The van der Waals surface area contributed by atoms with Crippen molar-refractivity contribution in [2.45, 2.75) is 19.6 Å². The van der Waals surface area contributed by atoms with Gasteiger partial charge in [-0.3, -0.25) is 19.9 Å². The molecule has 1 aliphatic heterocycles.